The number of carbonyl (C=O) groups is 1. The predicted octanol–water partition coefficient (Wildman–Crippen LogP) is 5.80. The second kappa shape index (κ2) is 7.73. The smallest absolute Gasteiger partial charge is 0.191 e. The topological polar surface area (TPSA) is 38.1 Å². The van der Waals surface area contributed by atoms with Gasteiger partial charge in [0.2, 0.25) is 0 Å². The highest BCUT2D eigenvalue weighted by Crippen LogP contribution is 2.38. The van der Waals surface area contributed by atoms with Crippen molar-refractivity contribution in [2.45, 2.75) is 19.9 Å². The van der Waals surface area contributed by atoms with E-state index in [0.29, 0.717) is 5.56 Å². The van der Waals surface area contributed by atoms with Crippen molar-refractivity contribution in [3.63, 3.8) is 0 Å². The van der Waals surface area contributed by atoms with Crippen LogP contribution in [0.2, 0.25) is 0 Å². The number of para-hydroxylation sites is 2. The van der Waals surface area contributed by atoms with Crippen LogP contribution in [-0.4, -0.2) is 15.6 Å². The Balaban J connectivity index is 1.76. The molecular weight excluding hydrogens is 382 g/mol. The van der Waals surface area contributed by atoms with E-state index in [0.717, 1.165) is 28.3 Å². The third-order valence-corrected chi connectivity index (χ3v) is 5.76. The highest BCUT2D eigenvalue weighted by atomic mass is 16.1. The van der Waals surface area contributed by atoms with Crippen molar-refractivity contribution in [1.82, 2.24) is 9.78 Å². The van der Waals surface area contributed by atoms with Crippen LogP contribution in [-0.2, 0) is 0 Å². The molecule has 1 aliphatic heterocycles. The zero-order valence-electron chi connectivity index (χ0n) is 17.6. The van der Waals surface area contributed by atoms with E-state index < -0.39 is 0 Å². The molecule has 1 aromatic heterocycles. The maximum atomic E-state index is 13.2. The summed E-state index contributed by atoms with van der Waals surface area (Å²) in [5, 5.41) is 5.00. The molecule has 4 heteroatoms. The molecule has 0 saturated heterocycles. The molecule has 1 atom stereocenters. The van der Waals surface area contributed by atoms with Gasteiger partial charge in [0.15, 0.2) is 5.78 Å². The van der Waals surface area contributed by atoms with E-state index >= 15 is 0 Å². The Bertz CT molecular complexity index is 1260. The molecule has 5 rings (SSSR count). The van der Waals surface area contributed by atoms with E-state index in [1.165, 1.54) is 5.56 Å². The number of aromatic nitrogens is 2. The molecule has 0 N–H and O–H groups in total. The second-order valence-electron chi connectivity index (χ2n) is 7.83. The largest absolute Gasteiger partial charge is 0.335 e. The van der Waals surface area contributed by atoms with Gasteiger partial charge in [-0.15, -0.1) is 0 Å². The molecule has 1 aliphatic rings. The van der Waals surface area contributed by atoms with Crippen LogP contribution >= 0.6 is 0 Å². The van der Waals surface area contributed by atoms with Crippen LogP contribution in [0.3, 0.4) is 0 Å². The Morgan fingerprint density at radius 2 is 1.39 bits per heavy atom. The molecule has 0 radical (unpaired) electrons. The van der Waals surface area contributed by atoms with Crippen molar-refractivity contribution < 1.29 is 4.79 Å². The number of rotatable bonds is 3. The number of anilines is 1. The number of ketones is 1. The van der Waals surface area contributed by atoms with Gasteiger partial charge in [-0.25, -0.2) is 4.68 Å². The minimum absolute atomic E-state index is 0.0229. The third-order valence-electron chi connectivity index (χ3n) is 5.76. The maximum Gasteiger partial charge on any atom is 0.191 e. The van der Waals surface area contributed by atoms with Gasteiger partial charge in [-0.2, -0.15) is 5.10 Å². The fourth-order valence-corrected chi connectivity index (χ4v) is 4.19. The van der Waals surface area contributed by atoms with Crippen LogP contribution in [0, 0.1) is 13.8 Å². The van der Waals surface area contributed by atoms with Gasteiger partial charge in [0.25, 0.3) is 0 Å². The van der Waals surface area contributed by atoms with Crippen molar-refractivity contribution in [3.05, 3.63) is 125 Å². The number of carbonyl (C=O) groups excluding carboxylic acids is 1. The minimum Gasteiger partial charge on any atom is -0.335 e. The molecule has 0 aliphatic carbocycles. The number of nitrogens with zero attached hydrogens (tertiary/aromatic N) is 3. The summed E-state index contributed by atoms with van der Waals surface area (Å²) in [4.78, 5) is 15.3. The Hall–Kier alpha value is -3.92. The lowest BCUT2D eigenvalue weighted by Crippen LogP contribution is -2.24. The highest BCUT2D eigenvalue weighted by Gasteiger charge is 2.33. The van der Waals surface area contributed by atoms with Gasteiger partial charge >= 0.3 is 0 Å². The summed E-state index contributed by atoms with van der Waals surface area (Å²) in [7, 11) is 0. The molecule has 0 spiro atoms. The third kappa shape index (κ3) is 3.36. The predicted molar refractivity (Wildman–Crippen MR) is 124 cm³/mol. The lowest BCUT2D eigenvalue weighted by molar-refractivity contribution is 0.104. The summed E-state index contributed by atoms with van der Waals surface area (Å²) in [6, 6.07) is 28.3. The monoisotopic (exact) mass is 405 g/mol. The molecule has 31 heavy (non-hydrogen) atoms. The molecule has 0 bridgehead atoms. The van der Waals surface area contributed by atoms with Gasteiger partial charge < -0.3 is 4.90 Å². The number of fused-ring (bicyclic) bond motifs is 1. The van der Waals surface area contributed by atoms with E-state index in [4.69, 9.17) is 5.10 Å². The molecule has 152 valence electrons. The van der Waals surface area contributed by atoms with Crippen LogP contribution in [0.4, 0.5) is 5.69 Å². The quantitative estimate of drug-likeness (QED) is 0.433. The fourth-order valence-electron chi connectivity index (χ4n) is 4.19. The van der Waals surface area contributed by atoms with E-state index in [-0.39, 0.29) is 11.8 Å². The Labute approximate surface area is 182 Å². The SMILES string of the molecule is Cc1ccc([C@@H]2c3nn(-c4ccccc4)c(C)c3C(=O)C=CN2c2ccccc2)cc1. The molecule has 0 unspecified atom stereocenters. The molecule has 2 heterocycles. The maximum absolute atomic E-state index is 13.2. The lowest BCUT2D eigenvalue weighted by atomic mass is 9.96. The zero-order valence-corrected chi connectivity index (χ0v) is 17.6. The summed E-state index contributed by atoms with van der Waals surface area (Å²) >= 11 is 0. The molecule has 0 fully saturated rings. The number of aryl methyl sites for hydroxylation is 1. The van der Waals surface area contributed by atoms with Crippen molar-refractivity contribution >= 4 is 11.5 Å². The van der Waals surface area contributed by atoms with Crippen molar-refractivity contribution in [1.29, 1.82) is 0 Å². The normalized spacial score (nSPS) is 15.6. The second-order valence-corrected chi connectivity index (χ2v) is 7.83. The number of allylic oxidation sites excluding steroid dienone is 1. The minimum atomic E-state index is -0.218. The fraction of sp³-hybridized carbons (Fsp3) is 0.111. The van der Waals surface area contributed by atoms with Crippen LogP contribution < -0.4 is 4.90 Å². The van der Waals surface area contributed by atoms with Gasteiger partial charge in [-0.1, -0.05) is 66.2 Å². The number of benzene rings is 3. The van der Waals surface area contributed by atoms with Gasteiger partial charge in [-0.3, -0.25) is 4.79 Å². The van der Waals surface area contributed by atoms with E-state index in [1.807, 2.05) is 66.3 Å². The molecular formula is C27H23N3O. The molecule has 4 aromatic rings. The van der Waals surface area contributed by atoms with Crippen molar-refractivity contribution in [3.8, 4) is 5.69 Å². The van der Waals surface area contributed by atoms with Crippen LogP contribution in [0.25, 0.3) is 5.69 Å². The first-order valence-corrected chi connectivity index (χ1v) is 10.4. The zero-order chi connectivity index (χ0) is 21.4. The first kappa shape index (κ1) is 19.1. The van der Waals surface area contributed by atoms with Gasteiger partial charge in [0.05, 0.1) is 16.9 Å². The van der Waals surface area contributed by atoms with Gasteiger partial charge in [0, 0.05) is 18.0 Å². The van der Waals surface area contributed by atoms with Gasteiger partial charge in [-0.05, 0) is 43.7 Å². The van der Waals surface area contributed by atoms with Crippen molar-refractivity contribution in [2.75, 3.05) is 4.90 Å². The van der Waals surface area contributed by atoms with E-state index in [1.54, 1.807) is 6.08 Å². The number of hydrogen-bond donors (Lipinski definition) is 0. The number of hydrogen-bond acceptors (Lipinski definition) is 3. The average Bonchev–Trinajstić information content (AvgIpc) is 3.07. The summed E-state index contributed by atoms with van der Waals surface area (Å²) in [6.45, 7) is 4.05. The van der Waals surface area contributed by atoms with Gasteiger partial charge in [0.1, 0.15) is 11.7 Å². The summed E-state index contributed by atoms with van der Waals surface area (Å²) in [5.41, 5.74) is 6.53. The molecule has 0 saturated carbocycles. The van der Waals surface area contributed by atoms with Crippen LogP contribution in [0.15, 0.2) is 97.2 Å². The van der Waals surface area contributed by atoms with Crippen LogP contribution in [0.1, 0.15) is 38.9 Å². The first-order chi connectivity index (χ1) is 15.1. The van der Waals surface area contributed by atoms with Crippen LogP contribution in [0.5, 0.6) is 0 Å². The average molecular weight is 406 g/mol. The lowest BCUT2D eigenvalue weighted by Gasteiger charge is -2.29. The van der Waals surface area contributed by atoms with Crippen molar-refractivity contribution in [2.24, 2.45) is 0 Å². The summed E-state index contributed by atoms with van der Waals surface area (Å²) in [6.07, 6.45) is 3.54. The highest BCUT2D eigenvalue weighted by molar-refractivity contribution is 6.07. The summed E-state index contributed by atoms with van der Waals surface area (Å²) in [5.74, 6) is -0.0229. The Morgan fingerprint density at radius 3 is 2.03 bits per heavy atom. The first-order valence-electron chi connectivity index (χ1n) is 10.4. The molecule has 3 aromatic carbocycles. The standard InChI is InChI=1S/C27H23N3O/c1-19-13-15-21(16-14-19)27-26-25(20(2)30(28-26)23-11-7-4-8-12-23)24(31)17-18-29(27)22-9-5-3-6-10-22/h3-18,27H,1-2H3/t27-/m1/s1. The van der Waals surface area contributed by atoms with E-state index in [2.05, 4.69) is 48.2 Å². The Kier molecular flexibility index (Phi) is 4.75. The molecule has 0 amide bonds. The Morgan fingerprint density at radius 1 is 0.774 bits per heavy atom. The summed E-state index contributed by atoms with van der Waals surface area (Å²) < 4.78 is 1.88. The molecule has 4 nitrogen and oxygen atoms in total. The van der Waals surface area contributed by atoms with E-state index in [9.17, 15) is 4.79 Å².